The molecule has 6 heteroatoms. The van der Waals surface area contributed by atoms with Gasteiger partial charge < -0.3 is 14.2 Å². The van der Waals surface area contributed by atoms with E-state index in [2.05, 4.69) is 197 Å². The van der Waals surface area contributed by atoms with E-state index in [0.29, 0.717) is 0 Å². The molecule has 0 bridgehead atoms. The van der Waals surface area contributed by atoms with Gasteiger partial charge in [-0.25, -0.2) is 0 Å². The van der Waals surface area contributed by atoms with Crippen LogP contribution < -0.4 is 31.1 Å². The molecule has 0 saturated heterocycles. The molecular weight excluding hydrogens is 653 g/mol. The van der Waals surface area contributed by atoms with E-state index in [9.17, 15) is 0 Å². The number of nitrogens with zero attached hydrogens (tertiary/aromatic N) is 3. The molecule has 0 radical (unpaired) electrons. The van der Waals surface area contributed by atoms with E-state index in [0.717, 1.165) is 56.7 Å². The summed E-state index contributed by atoms with van der Waals surface area (Å²) in [6.07, 6.45) is 0. The molecule has 11 rings (SSSR count). The quantitative estimate of drug-likeness (QED) is 0.168. The predicted octanol–water partition coefficient (Wildman–Crippen LogP) is 11.2. The average Bonchev–Trinajstić information content (AvgIpc) is 3.76. The normalized spacial score (nSPS) is 12.9. The lowest BCUT2D eigenvalue weighted by Gasteiger charge is -2.42. The fraction of sp³-hybridized carbons (Fsp3) is 0. The first-order chi connectivity index (χ1) is 25.8. The topological polar surface area (TPSA) is 22.9 Å². The maximum Gasteiger partial charge on any atom is 0.258 e. The van der Waals surface area contributed by atoms with Gasteiger partial charge in [-0.1, -0.05) is 97.1 Å². The van der Waals surface area contributed by atoms with Crippen LogP contribution in [0, 0.1) is 0 Å². The van der Waals surface area contributed by atoms with Gasteiger partial charge in [0, 0.05) is 61.0 Å². The van der Waals surface area contributed by atoms with Crippen LogP contribution in [0.4, 0.5) is 51.4 Å². The van der Waals surface area contributed by atoms with Crippen molar-refractivity contribution in [2.45, 2.75) is 0 Å². The number of hydrogen-bond donors (Lipinski definition) is 0. The number of fused-ring (bicyclic) bond motifs is 8. The third-order valence-corrected chi connectivity index (χ3v) is 11.6. The van der Waals surface area contributed by atoms with Gasteiger partial charge in [-0.15, -0.1) is 11.3 Å². The second-order valence-electron chi connectivity index (χ2n) is 13.3. The minimum absolute atomic E-state index is 0.0404. The van der Waals surface area contributed by atoms with Gasteiger partial charge in [0.25, 0.3) is 6.71 Å². The molecule has 4 nitrogen and oxygen atoms in total. The van der Waals surface area contributed by atoms with Gasteiger partial charge in [0.15, 0.2) is 5.58 Å². The molecule has 0 aliphatic carbocycles. The zero-order valence-electron chi connectivity index (χ0n) is 28.1. The van der Waals surface area contributed by atoms with Crippen LogP contribution in [0.15, 0.2) is 186 Å². The van der Waals surface area contributed by atoms with Gasteiger partial charge in [0.1, 0.15) is 0 Å². The first kappa shape index (κ1) is 29.3. The van der Waals surface area contributed by atoms with Gasteiger partial charge >= 0.3 is 0 Å². The monoisotopic (exact) mass is 683 g/mol. The number of para-hydroxylation sites is 4. The van der Waals surface area contributed by atoms with Crippen molar-refractivity contribution in [2.24, 2.45) is 0 Å². The Morgan fingerprint density at radius 1 is 0.481 bits per heavy atom. The summed E-state index contributed by atoms with van der Waals surface area (Å²) < 4.78 is 9.53. The van der Waals surface area contributed by atoms with Gasteiger partial charge in [-0.2, -0.15) is 0 Å². The molecule has 0 saturated carbocycles. The SMILES string of the molecule is c1ccc(N(c2ccccc2)c2ccc3c(c2)N(c2ccccc2)c2cccc4c2B3c2c(oc3c2sc2ccccc23)N4c2ccccc2)cc1. The van der Waals surface area contributed by atoms with E-state index in [1.54, 1.807) is 0 Å². The fourth-order valence-electron chi connectivity index (χ4n) is 8.29. The lowest BCUT2D eigenvalue weighted by molar-refractivity contribution is 0.626. The smallest absolute Gasteiger partial charge is 0.258 e. The van der Waals surface area contributed by atoms with Gasteiger partial charge in [-0.05, 0) is 95.9 Å². The molecule has 2 aliphatic heterocycles. The summed E-state index contributed by atoms with van der Waals surface area (Å²) in [7, 11) is 0. The molecule has 244 valence electrons. The number of thiophene rings is 1. The Morgan fingerprint density at radius 3 is 1.73 bits per heavy atom. The third-order valence-electron chi connectivity index (χ3n) is 10.4. The van der Waals surface area contributed by atoms with Crippen LogP contribution in [-0.2, 0) is 0 Å². The average molecular weight is 684 g/mol. The highest BCUT2D eigenvalue weighted by atomic mass is 32.1. The van der Waals surface area contributed by atoms with Crippen molar-refractivity contribution in [3.8, 4) is 0 Å². The van der Waals surface area contributed by atoms with Crippen molar-refractivity contribution in [3.63, 3.8) is 0 Å². The number of hydrogen-bond acceptors (Lipinski definition) is 5. The van der Waals surface area contributed by atoms with E-state index in [4.69, 9.17) is 4.42 Å². The van der Waals surface area contributed by atoms with Gasteiger partial charge in [-0.3, -0.25) is 4.90 Å². The Labute approximate surface area is 306 Å². The Bertz CT molecular complexity index is 2730. The maximum atomic E-state index is 7.08. The van der Waals surface area contributed by atoms with Crippen molar-refractivity contribution in [1.29, 1.82) is 0 Å². The summed E-state index contributed by atoms with van der Waals surface area (Å²) in [5.74, 6) is 0.895. The fourth-order valence-corrected chi connectivity index (χ4v) is 9.49. The second kappa shape index (κ2) is 11.5. The Kier molecular flexibility index (Phi) is 6.48. The molecule has 4 heterocycles. The van der Waals surface area contributed by atoms with E-state index >= 15 is 0 Å². The third kappa shape index (κ3) is 4.28. The van der Waals surface area contributed by atoms with Crippen molar-refractivity contribution in [1.82, 2.24) is 0 Å². The lowest BCUT2D eigenvalue weighted by atomic mass is 9.34. The Balaban J connectivity index is 1.23. The molecule has 0 spiro atoms. The van der Waals surface area contributed by atoms with Crippen LogP contribution >= 0.6 is 11.3 Å². The molecule has 0 atom stereocenters. The standard InChI is InChI=1S/C46H30BN3OS/c1-5-16-31(17-6-1)48(32-18-7-2-8-19-32)35-28-29-37-40(30-35)49(33-20-9-3-10-21-33)38-25-15-26-39-42(38)47(37)43-45-44(36-24-13-14-27-41(36)52-45)51-46(43)50(39)34-22-11-4-12-23-34/h1-30H. The molecule has 0 unspecified atom stereocenters. The highest BCUT2D eigenvalue weighted by molar-refractivity contribution is 7.28. The van der Waals surface area contributed by atoms with Crippen LogP contribution in [0.2, 0.25) is 0 Å². The zero-order valence-corrected chi connectivity index (χ0v) is 28.9. The summed E-state index contributed by atoms with van der Waals surface area (Å²) in [6, 6.07) is 65.1. The minimum Gasteiger partial charge on any atom is -0.439 e. The summed E-state index contributed by atoms with van der Waals surface area (Å²) in [4.78, 5) is 7.14. The summed E-state index contributed by atoms with van der Waals surface area (Å²) in [6.45, 7) is -0.0404. The van der Waals surface area contributed by atoms with Crippen molar-refractivity contribution in [2.75, 3.05) is 14.7 Å². The molecule has 0 N–H and O–H groups in total. The van der Waals surface area contributed by atoms with Crippen molar-refractivity contribution < 1.29 is 4.42 Å². The number of anilines is 9. The summed E-state index contributed by atoms with van der Waals surface area (Å²) >= 11 is 1.84. The van der Waals surface area contributed by atoms with E-state index in [1.165, 1.54) is 31.5 Å². The first-order valence-electron chi connectivity index (χ1n) is 17.6. The highest BCUT2D eigenvalue weighted by Crippen LogP contribution is 2.48. The lowest BCUT2D eigenvalue weighted by Crippen LogP contribution is -2.61. The molecule has 52 heavy (non-hydrogen) atoms. The van der Waals surface area contributed by atoms with Gasteiger partial charge in [0.05, 0.1) is 4.70 Å². The zero-order chi connectivity index (χ0) is 34.2. The second-order valence-corrected chi connectivity index (χ2v) is 14.4. The largest absolute Gasteiger partial charge is 0.439 e. The van der Waals surface area contributed by atoms with Crippen LogP contribution in [0.1, 0.15) is 0 Å². The van der Waals surface area contributed by atoms with Crippen LogP contribution in [0.25, 0.3) is 20.4 Å². The van der Waals surface area contributed by atoms with Crippen LogP contribution in [0.3, 0.4) is 0 Å². The predicted molar refractivity (Wildman–Crippen MR) is 220 cm³/mol. The molecule has 2 aliphatic rings. The number of furan rings is 1. The highest BCUT2D eigenvalue weighted by Gasteiger charge is 2.46. The van der Waals surface area contributed by atoms with Crippen LogP contribution in [-0.4, -0.2) is 6.71 Å². The molecule has 0 amide bonds. The molecule has 7 aromatic carbocycles. The number of benzene rings is 7. The maximum absolute atomic E-state index is 7.08. The molecule has 0 fully saturated rings. The van der Waals surface area contributed by atoms with E-state index in [-0.39, 0.29) is 6.71 Å². The molecule has 2 aromatic heterocycles. The molecular formula is C46H30BN3OS. The van der Waals surface area contributed by atoms with Crippen LogP contribution in [0.5, 0.6) is 0 Å². The van der Waals surface area contributed by atoms with E-state index in [1.807, 2.05) is 11.3 Å². The summed E-state index contributed by atoms with van der Waals surface area (Å²) in [5.41, 5.74) is 13.7. The number of rotatable bonds is 5. The van der Waals surface area contributed by atoms with Crippen molar-refractivity contribution >= 4 is 106 Å². The van der Waals surface area contributed by atoms with E-state index < -0.39 is 0 Å². The summed E-state index contributed by atoms with van der Waals surface area (Å²) in [5, 5.41) is 1.16. The Morgan fingerprint density at radius 2 is 1.06 bits per heavy atom. The Hall–Kier alpha value is -6.50. The van der Waals surface area contributed by atoms with Gasteiger partial charge in [0.2, 0.25) is 5.88 Å². The minimum atomic E-state index is -0.0404. The first-order valence-corrected chi connectivity index (χ1v) is 18.5. The van der Waals surface area contributed by atoms with Crippen molar-refractivity contribution in [3.05, 3.63) is 182 Å². The molecule has 9 aromatic rings.